The van der Waals surface area contributed by atoms with Crippen molar-refractivity contribution < 1.29 is 0 Å². The van der Waals surface area contributed by atoms with Crippen LogP contribution in [0.1, 0.15) is 16.7 Å². The van der Waals surface area contributed by atoms with E-state index in [2.05, 4.69) is 23.1 Å². The Kier molecular flexibility index (Phi) is 3.45. The van der Waals surface area contributed by atoms with E-state index in [0.717, 1.165) is 36.8 Å². The van der Waals surface area contributed by atoms with Gasteiger partial charge in [0, 0.05) is 30.3 Å². The molecule has 1 heterocycles. The van der Waals surface area contributed by atoms with Crippen LogP contribution in [0.2, 0.25) is 5.02 Å². The largest absolute Gasteiger partial charge is 0.399 e. The van der Waals surface area contributed by atoms with E-state index in [9.17, 15) is 0 Å². The number of nitrogen functional groups attached to an aromatic ring is 1. The normalized spacial score (nSPS) is 15.2. The molecule has 0 amide bonds. The average Bonchev–Trinajstić information content (AvgIpc) is 2.41. The van der Waals surface area contributed by atoms with Gasteiger partial charge in [-0.2, -0.15) is 0 Å². The molecule has 2 aromatic carbocycles. The van der Waals surface area contributed by atoms with Crippen LogP contribution in [0.4, 0.5) is 5.69 Å². The van der Waals surface area contributed by atoms with Crippen molar-refractivity contribution in [3.63, 3.8) is 0 Å². The number of anilines is 1. The van der Waals surface area contributed by atoms with Crippen molar-refractivity contribution in [3.05, 3.63) is 64.2 Å². The van der Waals surface area contributed by atoms with E-state index in [0.29, 0.717) is 0 Å². The highest BCUT2D eigenvalue weighted by molar-refractivity contribution is 6.31. The first kappa shape index (κ1) is 12.5. The SMILES string of the molecule is Nc1ccc2c(c1)CN(Cc1ccccc1Cl)CC2. The molecule has 0 aromatic heterocycles. The first-order chi connectivity index (χ1) is 9.22. The van der Waals surface area contributed by atoms with Gasteiger partial charge in [0.1, 0.15) is 0 Å². The van der Waals surface area contributed by atoms with Gasteiger partial charge in [0.05, 0.1) is 0 Å². The minimum absolute atomic E-state index is 0.846. The number of hydrogen-bond donors (Lipinski definition) is 1. The fraction of sp³-hybridized carbons (Fsp3) is 0.250. The first-order valence-corrected chi connectivity index (χ1v) is 6.93. The molecule has 0 saturated carbocycles. The highest BCUT2D eigenvalue weighted by Crippen LogP contribution is 2.24. The summed E-state index contributed by atoms with van der Waals surface area (Å²) in [5, 5.41) is 0.848. The van der Waals surface area contributed by atoms with E-state index in [-0.39, 0.29) is 0 Å². The quantitative estimate of drug-likeness (QED) is 0.848. The zero-order valence-electron chi connectivity index (χ0n) is 10.8. The van der Waals surface area contributed by atoms with Gasteiger partial charge < -0.3 is 5.73 Å². The maximum Gasteiger partial charge on any atom is 0.0451 e. The van der Waals surface area contributed by atoms with Crippen molar-refractivity contribution in [2.75, 3.05) is 12.3 Å². The van der Waals surface area contributed by atoms with E-state index in [1.54, 1.807) is 0 Å². The third-order valence-corrected chi connectivity index (χ3v) is 4.04. The number of rotatable bonds is 2. The molecule has 2 aromatic rings. The van der Waals surface area contributed by atoms with Crippen LogP contribution in [0.5, 0.6) is 0 Å². The molecular formula is C16H17ClN2. The van der Waals surface area contributed by atoms with Gasteiger partial charge >= 0.3 is 0 Å². The van der Waals surface area contributed by atoms with Crippen molar-refractivity contribution in [1.29, 1.82) is 0 Å². The molecule has 0 bridgehead atoms. The summed E-state index contributed by atoms with van der Waals surface area (Å²) >= 11 is 6.22. The summed E-state index contributed by atoms with van der Waals surface area (Å²) in [4.78, 5) is 2.42. The standard InChI is InChI=1S/C16H17ClN2/c17-16-4-2-1-3-13(16)10-19-8-7-12-5-6-15(18)9-14(12)11-19/h1-6,9H,7-8,10-11,18H2. The maximum absolute atomic E-state index is 6.22. The lowest BCUT2D eigenvalue weighted by atomic mass is 9.99. The number of halogens is 1. The summed E-state index contributed by atoms with van der Waals surface area (Å²) in [7, 11) is 0. The highest BCUT2D eigenvalue weighted by Gasteiger charge is 2.17. The molecule has 19 heavy (non-hydrogen) atoms. The Bertz CT molecular complexity index is 595. The van der Waals surface area contributed by atoms with Crippen LogP contribution in [0.25, 0.3) is 0 Å². The van der Waals surface area contributed by atoms with E-state index in [1.807, 2.05) is 24.3 Å². The molecule has 2 nitrogen and oxygen atoms in total. The Morgan fingerprint density at radius 1 is 1.11 bits per heavy atom. The van der Waals surface area contributed by atoms with Gasteiger partial charge in [0.15, 0.2) is 0 Å². The Balaban J connectivity index is 1.77. The van der Waals surface area contributed by atoms with E-state index < -0.39 is 0 Å². The molecule has 98 valence electrons. The van der Waals surface area contributed by atoms with Gasteiger partial charge in [-0.1, -0.05) is 35.9 Å². The molecule has 0 unspecified atom stereocenters. The molecule has 3 heteroatoms. The fourth-order valence-electron chi connectivity index (χ4n) is 2.64. The van der Waals surface area contributed by atoms with Gasteiger partial charge in [0.2, 0.25) is 0 Å². The second-order valence-corrected chi connectivity index (χ2v) is 5.49. The molecule has 0 atom stereocenters. The van der Waals surface area contributed by atoms with Gasteiger partial charge in [-0.3, -0.25) is 4.90 Å². The summed E-state index contributed by atoms with van der Waals surface area (Å²) < 4.78 is 0. The first-order valence-electron chi connectivity index (χ1n) is 6.55. The Morgan fingerprint density at radius 2 is 1.95 bits per heavy atom. The smallest absolute Gasteiger partial charge is 0.0451 e. The van der Waals surface area contributed by atoms with Crippen LogP contribution in [0, 0.1) is 0 Å². The van der Waals surface area contributed by atoms with Gasteiger partial charge in [-0.25, -0.2) is 0 Å². The minimum atomic E-state index is 0.846. The predicted octanol–water partition coefficient (Wildman–Crippen LogP) is 3.48. The van der Waals surface area contributed by atoms with Crippen molar-refractivity contribution >= 4 is 17.3 Å². The van der Waals surface area contributed by atoms with Crippen LogP contribution in [-0.2, 0) is 19.5 Å². The molecule has 0 spiro atoms. The zero-order valence-corrected chi connectivity index (χ0v) is 11.5. The van der Waals surface area contributed by atoms with Crippen LogP contribution >= 0.6 is 11.6 Å². The number of nitrogens with zero attached hydrogens (tertiary/aromatic N) is 1. The second kappa shape index (κ2) is 5.24. The molecule has 0 radical (unpaired) electrons. The molecule has 0 saturated heterocycles. The highest BCUT2D eigenvalue weighted by atomic mass is 35.5. The maximum atomic E-state index is 6.22. The number of hydrogen-bond acceptors (Lipinski definition) is 2. The van der Waals surface area contributed by atoms with E-state index in [4.69, 9.17) is 17.3 Å². The third-order valence-electron chi connectivity index (χ3n) is 3.67. The third kappa shape index (κ3) is 2.75. The van der Waals surface area contributed by atoms with Crippen LogP contribution in [0.3, 0.4) is 0 Å². The minimum Gasteiger partial charge on any atom is -0.399 e. The summed E-state index contributed by atoms with van der Waals surface area (Å²) in [6, 6.07) is 14.3. The lowest BCUT2D eigenvalue weighted by Crippen LogP contribution is -2.30. The predicted molar refractivity (Wildman–Crippen MR) is 80.1 cm³/mol. The lowest BCUT2D eigenvalue weighted by Gasteiger charge is -2.29. The van der Waals surface area contributed by atoms with Gasteiger partial charge in [-0.05, 0) is 41.3 Å². The molecule has 2 N–H and O–H groups in total. The monoisotopic (exact) mass is 272 g/mol. The molecule has 0 aliphatic carbocycles. The summed E-state index contributed by atoms with van der Waals surface area (Å²) in [6.07, 6.45) is 1.08. The molecular weight excluding hydrogens is 256 g/mol. The van der Waals surface area contributed by atoms with Crippen LogP contribution in [0.15, 0.2) is 42.5 Å². The number of nitrogens with two attached hydrogens (primary N) is 1. The van der Waals surface area contributed by atoms with Gasteiger partial charge in [-0.15, -0.1) is 0 Å². The molecule has 3 rings (SSSR count). The summed E-state index contributed by atoms with van der Waals surface area (Å²) in [6.45, 7) is 2.92. The topological polar surface area (TPSA) is 29.3 Å². The Hall–Kier alpha value is -1.51. The summed E-state index contributed by atoms with van der Waals surface area (Å²) in [5.74, 6) is 0. The van der Waals surface area contributed by atoms with Crippen molar-refractivity contribution in [2.24, 2.45) is 0 Å². The summed E-state index contributed by atoms with van der Waals surface area (Å²) in [5.41, 5.74) is 10.7. The molecule has 0 fully saturated rings. The van der Waals surface area contributed by atoms with Crippen molar-refractivity contribution in [1.82, 2.24) is 4.90 Å². The fourth-order valence-corrected chi connectivity index (χ4v) is 2.83. The average molecular weight is 273 g/mol. The number of fused-ring (bicyclic) bond motifs is 1. The molecule has 1 aliphatic heterocycles. The number of benzene rings is 2. The van der Waals surface area contributed by atoms with Gasteiger partial charge in [0.25, 0.3) is 0 Å². The van der Waals surface area contributed by atoms with Crippen molar-refractivity contribution in [2.45, 2.75) is 19.5 Å². The lowest BCUT2D eigenvalue weighted by molar-refractivity contribution is 0.245. The van der Waals surface area contributed by atoms with Crippen LogP contribution in [-0.4, -0.2) is 11.4 Å². The van der Waals surface area contributed by atoms with E-state index >= 15 is 0 Å². The van der Waals surface area contributed by atoms with E-state index in [1.165, 1.54) is 16.7 Å². The van der Waals surface area contributed by atoms with Crippen molar-refractivity contribution in [3.8, 4) is 0 Å². The Labute approximate surface area is 118 Å². The second-order valence-electron chi connectivity index (χ2n) is 5.08. The Morgan fingerprint density at radius 3 is 2.79 bits per heavy atom. The van der Waals surface area contributed by atoms with Crippen LogP contribution < -0.4 is 5.73 Å². The molecule has 1 aliphatic rings. The zero-order chi connectivity index (χ0) is 13.2.